The number of hydrogen-bond acceptors (Lipinski definition) is 3. The van der Waals surface area contributed by atoms with Crippen LogP contribution in [0.3, 0.4) is 0 Å². The van der Waals surface area contributed by atoms with Crippen LogP contribution in [-0.2, 0) is 9.06 Å². The van der Waals surface area contributed by atoms with Gasteiger partial charge in [-0.25, -0.2) is 9.59 Å². The minimum atomic E-state index is -0.565. The highest BCUT2D eigenvalue weighted by Crippen LogP contribution is 2.48. The van der Waals surface area contributed by atoms with Crippen molar-refractivity contribution >= 4 is 49.4 Å². The fourth-order valence-corrected chi connectivity index (χ4v) is 6.19. The molecular weight excluding hydrogens is 476 g/mol. The Hall–Kier alpha value is -2.98. The van der Waals surface area contributed by atoms with E-state index in [9.17, 15) is 9.59 Å². The van der Waals surface area contributed by atoms with Crippen LogP contribution >= 0.6 is 15.9 Å². The number of esters is 2. The molecule has 2 atom stereocenters. The molecule has 33 heavy (non-hydrogen) atoms. The van der Waals surface area contributed by atoms with E-state index in [-0.39, 0.29) is 16.2 Å². The SMILES string of the molecule is CC1c2cccc3c(C(C)(C)Br)ccc(c23)C(C)c2ccc3c4c(ccc1c24)C(=O)OC3=O. The second-order valence-electron chi connectivity index (χ2n) is 9.72. The standard InChI is InChI=1S/C29H23BrO3/c1-14-16-6-5-7-20-23(29(3,4)30)13-12-17(24(16)20)15(2)19-9-11-22-26-21(27(31)33-28(22)32)10-8-18(14)25(19)26/h5-15H,1-4H3. The molecule has 3 nitrogen and oxygen atoms in total. The van der Waals surface area contributed by atoms with E-state index in [1.54, 1.807) is 0 Å². The summed E-state index contributed by atoms with van der Waals surface area (Å²) in [5.41, 5.74) is 7.03. The first-order valence-electron chi connectivity index (χ1n) is 11.3. The lowest BCUT2D eigenvalue weighted by Gasteiger charge is -2.31. The lowest BCUT2D eigenvalue weighted by Crippen LogP contribution is -2.21. The summed E-state index contributed by atoms with van der Waals surface area (Å²) < 4.78 is 4.86. The van der Waals surface area contributed by atoms with Crippen molar-refractivity contribution in [2.75, 3.05) is 0 Å². The maximum Gasteiger partial charge on any atom is 0.346 e. The second-order valence-corrected chi connectivity index (χ2v) is 11.7. The zero-order valence-corrected chi connectivity index (χ0v) is 20.5. The second kappa shape index (κ2) is 6.77. The number of hydrogen-bond donors (Lipinski definition) is 0. The minimum absolute atomic E-state index is 0.0877. The number of cyclic esters (lactones) is 2. The molecule has 0 N–H and O–H groups in total. The summed E-state index contributed by atoms with van der Waals surface area (Å²) >= 11 is 3.88. The Kier molecular flexibility index (Phi) is 4.23. The van der Waals surface area contributed by atoms with Gasteiger partial charge in [0.15, 0.2) is 0 Å². The highest BCUT2D eigenvalue weighted by Gasteiger charge is 2.33. The summed E-state index contributed by atoms with van der Waals surface area (Å²) in [6.07, 6.45) is 0. The smallest absolute Gasteiger partial charge is 0.346 e. The van der Waals surface area contributed by atoms with Gasteiger partial charge < -0.3 is 4.74 Å². The summed E-state index contributed by atoms with van der Waals surface area (Å²) in [4.78, 5) is 25.1. The zero-order chi connectivity index (χ0) is 23.2. The molecule has 1 aliphatic heterocycles. The largest absolute Gasteiger partial charge is 0.386 e. The molecule has 0 spiro atoms. The van der Waals surface area contributed by atoms with Crippen LogP contribution in [0.5, 0.6) is 0 Å². The van der Waals surface area contributed by atoms with Crippen LogP contribution in [0.15, 0.2) is 54.6 Å². The summed E-state index contributed by atoms with van der Waals surface area (Å²) in [7, 11) is 0. The topological polar surface area (TPSA) is 43.4 Å². The maximum absolute atomic E-state index is 12.6. The summed E-state index contributed by atoms with van der Waals surface area (Å²) in [5.74, 6) is -0.954. The first-order chi connectivity index (χ1) is 15.7. The monoisotopic (exact) mass is 498 g/mol. The van der Waals surface area contributed by atoms with E-state index in [1.165, 1.54) is 27.5 Å². The average Bonchev–Trinajstić information content (AvgIpc) is 2.78. The van der Waals surface area contributed by atoms with Crippen LogP contribution in [0.2, 0.25) is 0 Å². The highest BCUT2D eigenvalue weighted by atomic mass is 79.9. The van der Waals surface area contributed by atoms with Crippen LogP contribution in [0, 0.1) is 0 Å². The van der Waals surface area contributed by atoms with Crippen LogP contribution in [0.4, 0.5) is 0 Å². The van der Waals surface area contributed by atoms with Gasteiger partial charge in [-0.1, -0.05) is 72.2 Å². The molecule has 0 saturated heterocycles. The molecule has 2 unspecified atom stereocenters. The molecule has 1 heterocycles. The zero-order valence-electron chi connectivity index (χ0n) is 19.0. The number of carbonyl (C=O) groups is 2. The Morgan fingerprint density at radius 3 is 1.79 bits per heavy atom. The molecule has 164 valence electrons. The van der Waals surface area contributed by atoms with Crippen LogP contribution in [0.25, 0.3) is 21.5 Å². The third kappa shape index (κ3) is 2.73. The molecule has 4 aromatic rings. The molecule has 0 bridgehead atoms. The predicted octanol–water partition coefficient (Wildman–Crippen LogP) is 7.55. The molecule has 1 aliphatic carbocycles. The van der Waals surface area contributed by atoms with Gasteiger partial charge in [0.2, 0.25) is 0 Å². The van der Waals surface area contributed by atoms with Crippen molar-refractivity contribution in [2.24, 2.45) is 0 Å². The molecule has 0 aromatic heterocycles. The van der Waals surface area contributed by atoms with E-state index < -0.39 is 11.9 Å². The van der Waals surface area contributed by atoms with E-state index in [0.29, 0.717) is 11.1 Å². The Balaban J connectivity index is 1.78. The summed E-state index contributed by atoms with van der Waals surface area (Å²) in [6, 6.07) is 18.8. The molecule has 4 heteroatoms. The van der Waals surface area contributed by atoms with Gasteiger partial charge in [-0.05, 0) is 70.0 Å². The van der Waals surface area contributed by atoms with Gasteiger partial charge in [0.25, 0.3) is 0 Å². The molecule has 0 fully saturated rings. The first-order valence-corrected chi connectivity index (χ1v) is 12.1. The highest BCUT2D eigenvalue weighted by molar-refractivity contribution is 9.09. The number of carbonyl (C=O) groups excluding carboxylic acids is 2. The van der Waals surface area contributed by atoms with Crippen molar-refractivity contribution in [3.8, 4) is 0 Å². The third-order valence-corrected chi connectivity index (χ3v) is 7.89. The fraction of sp³-hybridized carbons (Fsp3) is 0.241. The molecule has 6 rings (SSSR count). The molecular formula is C29H23BrO3. The quantitative estimate of drug-likeness (QED) is 0.154. The minimum Gasteiger partial charge on any atom is -0.386 e. The van der Waals surface area contributed by atoms with Crippen molar-refractivity contribution in [3.63, 3.8) is 0 Å². The molecule has 0 amide bonds. The van der Waals surface area contributed by atoms with Gasteiger partial charge in [-0.15, -0.1) is 0 Å². The molecule has 0 saturated carbocycles. The lowest BCUT2D eigenvalue weighted by molar-refractivity contribution is 0.0391. The van der Waals surface area contributed by atoms with E-state index in [1.807, 2.05) is 24.3 Å². The summed E-state index contributed by atoms with van der Waals surface area (Å²) in [5, 5.41) is 4.32. The van der Waals surface area contributed by atoms with Gasteiger partial charge >= 0.3 is 11.9 Å². The van der Waals surface area contributed by atoms with Gasteiger partial charge in [0.1, 0.15) is 0 Å². The van der Waals surface area contributed by atoms with E-state index in [0.717, 1.165) is 21.9 Å². The van der Waals surface area contributed by atoms with Crippen molar-refractivity contribution in [3.05, 3.63) is 93.5 Å². The van der Waals surface area contributed by atoms with E-state index >= 15 is 0 Å². The Labute approximate surface area is 200 Å². The Morgan fingerprint density at radius 1 is 0.697 bits per heavy atom. The van der Waals surface area contributed by atoms with Crippen molar-refractivity contribution in [2.45, 2.75) is 43.9 Å². The van der Waals surface area contributed by atoms with E-state index in [4.69, 9.17) is 4.74 Å². The van der Waals surface area contributed by atoms with Crippen molar-refractivity contribution < 1.29 is 14.3 Å². The van der Waals surface area contributed by atoms with Crippen LogP contribution in [-0.4, -0.2) is 11.9 Å². The average molecular weight is 499 g/mol. The van der Waals surface area contributed by atoms with E-state index in [2.05, 4.69) is 74.0 Å². The molecule has 2 aliphatic rings. The number of rotatable bonds is 1. The maximum atomic E-state index is 12.6. The van der Waals surface area contributed by atoms with Gasteiger partial charge in [-0.3, -0.25) is 0 Å². The number of ether oxygens (including phenoxy) is 1. The Morgan fingerprint density at radius 2 is 1.21 bits per heavy atom. The van der Waals surface area contributed by atoms with Crippen molar-refractivity contribution in [1.29, 1.82) is 0 Å². The predicted molar refractivity (Wildman–Crippen MR) is 135 cm³/mol. The van der Waals surface area contributed by atoms with Crippen LogP contribution in [0.1, 0.15) is 88.1 Å². The number of halogens is 1. The van der Waals surface area contributed by atoms with Gasteiger partial charge in [0.05, 0.1) is 11.1 Å². The molecule has 4 aromatic carbocycles. The first kappa shape index (κ1) is 20.6. The van der Waals surface area contributed by atoms with Crippen LogP contribution < -0.4 is 0 Å². The van der Waals surface area contributed by atoms with Gasteiger partial charge in [-0.2, -0.15) is 0 Å². The molecule has 0 radical (unpaired) electrons. The number of benzene rings is 4. The summed E-state index contributed by atoms with van der Waals surface area (Å²) in [6.45, 7) is 8.80. The fourth-order valence-electron chi connectivity index (χ4n) is 5.84. The van der Waals surface area contributed by atoms with Gasteiger partial charge in [0, 0.05) is 21.5 Å². The number of alkyl halides is 1. The normalized spacial score (nSPS) is 19.4. The lowest BCUT2D eigenvalue weighted by atomic mass is 9.74. The Bertz CT molecular complexity index is 1470. The third-order valence-electron chi connectivity index (χ3n) is 7.46. The van der Waals surface area contributed by atoms with Crippen molar-refractivity contribution in [1.82, 2.24) is 0 Å².